The van der Waals surface area contributed by atoms with E-state index in [9.17, 15) is 4.79 Å². The van der Waals surface area contributed by atoms with E-state index in [4.69, 9.17) is 23.7 Å². The van der Waals surface area contributed by atoms with E-state index in [0.717, 1.165) is 10.6 Å². The molecule has 0 spiro atoms. The topological polar surface area (TPSA) is 63.2 Å². The zero-order chi connectivity index (χ0) is 21.4. The Morgan fingerprint density at radius 3 is 1.66 bits per heavy atom. The first-order chi connectivity index (χ1) is 14.1. The summed E-state index contributed by atoms with van der Waals surface area (Å²) in [5.41, 5.74) is 1.10. The Balaban J connectivity index is 2.51. The Hall–Kier alpha value is -2.80. The SMILES string of the molecule is CCSc1ccc(C(=O)/C=C/c2c(OC)c(OC)c(OC)c(OC)c2OC)cc1. The fourth-order valence-corrected chi connectivity index (χ4v) is 3.57. The van der Waals surface area contributed by atoms with Gasteiger partial charge in [-0.15, -0.1) is 11.8 Å². The zero-order valence-corrected chi connectivity index (χ0v) is 18.3. The van der Waals surface area contributed by atoms with E-state index < -0.39 is 0 Å². The van der Waals surface area contributed by atoms with Gasteiger partial charge in [-0.2, -0.15) is 0 Å². The van der Waals surface area contributed by atoms with Crippen molar-refractivity contribution in [2.24, 2.45) is 0 Å². The second kappa shape index (κ2) is 10.7. The van der Waals surface area contributed by atoms with Crippen molar-refractivity contribution in [3.8, 4) is 28.7 Å². The Morgan fingerprint density at radius 1 is 0.793 bits per heavy atom. The lowest BCUT2D eigenvalue weighted by atomic mass is 10.1. The molecule has 0 amide bonds. The van der Waals surface area contributed by atoms with E-state index in [1.807, 2.05) is 24.3 Å². The molecular weight excluding hydrogens is 392 g/mol. The van der Waals surface area contributed by atoms with Gasteiger partial charge in [0.05, 0.1) is 41.1 Å². The maximum atomic E-state index is 12.7. The number of allylic oxidation sites excluding steroid dienone is 1. The van der Waals surface area contributed by atoms with Crippen molar-refractivity contribution >= 4 is 23.6 Å². The minimum absolute atomic E-state index is 0.143. The van der Waals surface area contributed by atoms with Crippen LogP contribution in [0.1, 0.15) is 22.8 Å². The van der Waals surface area contributed by atoms with Gasteiger partial charge in [-0.05, 0) is 42.2 Å². The maximum absolute atomic E-state index is 12.7. The number of hydrogen-bond acceptors (Lipinski definition) is 7. The van der Waals surface area contributed by atoms with Gasteiger partial charge in [-0.25, -0.2) is 0 Å². The molecule has 0 radical (unpaired) electrons. The molecule has 29 heavy (non-hydrogen) atoms. The second-order valence-corrected chi connectivity index (χ2v) is 7.07. The molecule has 0 aromatic heterocycles. The van der Waals surface area contributed by atoms with Crippen molar-refractivity contribution in [3.63, 3.8) is 0 Å². The number of thioether (sulfide) groups is 1. The van der Waals surface area contributed by atoms with Gasteiger partial charge in [-0.3, -0.25) is 4.79 Å². The van der Waals surface area contributed by atoms with Crippen LogP contribution in [0.5, 0.6) is 28.7 Å². The average Bonchev–Trinajstić information content (AvgIpc) is 2.76. The van der Waals surface area contributed by atoms with Crippen LogP contribution >= 0.6 is 11.8 Å². The first-order valence-corrected chi connectivity index (χ1v) is 9.93. The molecule has 0 aliphatic rings. The first-order valence-electron chi connectivity index (χ1n) is 8.95. The predicted molar refractivity (Wildman–Crippen MR) is 115 cm³/mol. The molecule has 2 aromatic rings. The number of methoxy groups -OCH3 is 5. The standard InChI is InChI=1S/C22H26O6S/c1-7-29-15-10-8-14(9-11-15)17(23)13-12-16-18(24-2)20(26-4)22(28-6)21(27-5)19(16)25-3/h8-13H,7H2,1-6H3/b13-12+. The number of benzene rings is 2. The van der Waals surface area contributed by atoms with E-state index in [1.54, 1.807) is 17.8 Å². The van der Waals surface area contributed by atoms with Gasteiger partial charge in [0.2, 0.25) is 17.2 Å². The van der Waals surface area contributed by atoms with Crippen LogP contribution < -0.4 is 23.7 Å². The second-order valence-electron chi connectivity index (χ2n) is 5.73. The molecule has 0 atom stereocenters. The van der Waals surface area contributed by atoms with Gasteiger partial charge in [-0.1, -0.05) is 6.92 Å². The van der Waals surface area contributed by atoms with Crippen molar-refractivity contribution in [2.75, 3.05) is 41.3 Å². The largest absolute Gasteiger partial charge is 0.492 e. The van der Waals surface area contributed by atoms with Crippen LogP contribution in [0.25, 0.3) is 6.08 Å². The summed E-state index contributed by atoms with van der Waals surface area (Å²) in [6.45, 7) is 2.09. The molecule has 0 heterocycles. The lowest BCUT2D eigenvalue weighted by Crippen LogP contribution is -2.03. The van der Waals surface area contributed by atoms with Crippen LogP contribution in [0.4, 0.5) is 0 Å². The Labute approximate surface area is 175 Å². The summed E-state index contributed by atoms with van der Waals surface area (Å²) in [6.07, 6.45) is 3.09. The summed E-state index contributed by atoms with van der Waals surface area (Å²) in [5.74, 6) is 2.63. The van der Waals surface area contributed by atoms with Crippen molar-refractivity contribution in [2.45, 2.75) is 11.8 Å². The maximum Gasteiger partial charge on any atom is 0.211 e. The number of ether oxygens (including phenoxy) is 5. The van der Waals surface area contributed by atoms with Crippen molar-refractivity contribution in [3.05, 3.63) is 41.5 Å². The first kappa shape index (κ1) is 22.5. The number of hydrogen-bond donors (Lipinski definition) is 0. The van der Waals surface area contributed by atoms with E-state index in [-0.39, 0.29) is 5.78 Å². The van der Waals surface area contributed by atoms with Gasteiger partial charge in [0, 0.05) is 10.5 Å². The zero-order valence-electron chi connectivity index (χ0n) is 17.5. The lowest BCUT2D eigenvalue weighted by molar-refractivity contribution is 0.104. The van der Waals surface area contributed by atoms with Crippen molar-refractivity contribution in [1.82, 2.24) is 0 Å². The van der Waals surface area contributed by atoms with E-state index in [0.29, 0.717) is 39.9 Å². The third-order valence-electron chi connectivity index (χ3n) is 4.19. The smallest absolute Gasteiger partial charge is 0.211 e. The normalized spacial score (nSPS) is 10.7. The summed E-state index contributed by atoms with van der Waals surface area (Å²) in [5, 5.41) is 0. The molecule has 0 unspecified atom stereocenters. The summed E-state index contributed by atoms with van der Waals surface area (Å²) in [6, 6.07) is 7.51. The van der Waals surface area contributed by atoms with E-state index >= 15 is 0 Å². The van der Waals surface area contributed by atoms with Gasteiger partial charge in [0.1, 0.15) is 0 Å². The fraction of sp³-hybridized carbons (Fsp3) is 0.318. The fourth-order valence-electron chi connectivity index (χ4n) is 2.91. The molecule has 156 valence electrons. The highest BCUT2D eigenvalue weighted by atomic mass is 32.2. The van der Waals surface area contributed by atoms with Gasteiger partial charge in [0.25, 0.3) is 0 Å². The summed E-state index contributed by atoms with van der Waals surface area (Å²) < 4.78 is 27.4. The van der Waals surface area contributed by atoms with Crippen LogP contribution in [0.15, 0.2) is 35.2 Å². The molecular formula is C22H26O6S. The molecule has 0 aliphatic carbocycles. The summed E-state index contributed by atoms with van der Waals surface area (Å²) in [7, 11) is 7.51. The van der Waals surface area contributed by atoms with Crippen LogP contribution in [0, 0.1) is 0 Å². The highest BCUT2D eigenvalue weighted by Crippen LogP contribution is 2.53. The molecule has 0 N–H and O–H groups in total. The summed E-state index contributed by atoms with van der Waals surface area (Å²) >= 11 is 1.73. The Morgan fingerprint density at radius 2 is 1.24 bits per heavy atom. The highest BCUT2D eigenvalue weighted by molar-refractivity contribution is 7.99. The summed E-state index contributed by atoms with van der Waals surface area (Å²) in [4.78, 5) is 13.8. The molecule has 2 aromatic carbocycles. The minimum Gasteiger partial charge on any atom is -0.492 e. The van der Waals surface area contributed by atoms with E-state index in [2.05, 4.69) is 6.92 Å². The van der Waals surface area contributed by atoms with Crippen LogP contribution in [-0.2, 0) is 0 Å². The minimum atomic E-state index is -0.143. The predicted octanol–water partition coefficient (Wildman–Crippen LogP) is 4.74. The molecule has 0 saturated carbocycles. The van der Waals surface area contributed by atoms with Crippen molar-refractivity contribution in [1.29, 1.82) is 0 Å². The average molecular weight is 419 g/mol. The third-order valence-corrected chi connectivity index (χ3v) is 5.08. The van der Waals surface area contributed by atoms with Crippen LogP contribution in [0.2, 0.25) is 0 Å². The number of ketones is 1. The molecule has 0 fully saturated rings. The Bertz CT molecular complexity index is 841. The van der Waals surface area contributed by atoms with Gasteiger partial charge < -0.3 is 23.7 Å². The number of rotatable bonds is 10. The molecule has 7 heteroatoms. The van der Waals surface area contributed by atoms with Gasteiger partial charge in [0.15, 0.2) is 17.3 Å². The van der Waals surface area contributed by atoms with Crippen molar-refractivity contribution < 1.29 is 28.5 Å². The highest BCUT2D eigenvalue weighted by Gasteiger charge is 2.27. The molecule has 0 aliphatic heterocycles. The quantitative estimate of drug-likeness (QED) is 0.314. The van der Waals surface area contributed by atoms with Crippen LogP contribution in [-0.4, -0.2) is 47.1 Å². The van der Waals surface area contributed by atoms with Gasteiger partial charge >= 0.3 is 0 Å². The van der Waals surface area contributed by atoms with E-state index in [1.165, 1.54) is 41.6 Å². The molecule has 0 bridgehead atoms. The third kappa shape index (κ3) is 4.79. The van der Waals surface area contributed by atoms with Crippen LogP contribution in [0.3, 0.4) is 0 Å². The Kier molecular flexibility index (Phi) is 8.27. The molecule has 0 saturated heterocycles. The lowest BCUT2D eigenvalue weighted by Gasteiger charge is -2.20. The number of carbonyl (C=O) groups excluding carboxylic acids is 1. The molecule has 2 rings (SSSR count). The number of carbonyl (C=O) groups is 1. The molecule has 6 nitrogen and oxygen atoms in total. The monoisotopic (exact) mass is 418 g/mol.